The van der Waals surface area contributed by atoms with Crippen LogP contribution in [0.15, 0.2) is 51.6 Å². The fraction of sp³-hybridized carbons (Fsp3) is 0. The van der Waals surface area contributed by atoms with Crippen LogP contribution in [0.5, 0.6) is 0 Å². The first kappa shape index (κ1) is 12.8. The van der Waals surface area contributed by atoms with E-state index in [1.165, 1.54) is 24.7 Å². The quantitative estimate of drug-likeness (QED) is 0.807. The van der Waals surface area contributed by atoms with Gasteiger partial charge in [0.2, 0.25) is 10.0 Å². The normalized spacial score (nSPS) is 11.4. The predicted molar refractivity (Wildman–Crippen MR) is 68.4 cm³/mol. The van der Waals surface area contributed by atoms with Crippen LogP contribution in [0.2, 0.25) is 0 Å². The van der Waals surface area contributed by atoms with E-state index in [0.29, 0.717) is 15.6 Å². The van der Waals surface area contributed by atoms with Crippen LogP contribution in [0.4, 0.5) is 5.69 Å². The monoisotopic (exact) mass is 282 g/mol. The zero-order valence-corrected chi connectivity index (χ0v) is 10.8. The summed E-state index contributed by atoms with van der Waals surface area (Å²) in [4.78, 5) is 8.40. The largest absolute Gasteiger partial charge is 0.399 e. The smallest absolute Gasteiger partial charge is 0.239 e. The molecule has 1 aromatic heterocycles. The molecule has 0 unspecified atom stereocenters. The van der Waals surface area contributed by atoms with E-state index in [4.69, 9.17) is 10.9 Å². The Labute approximate surface area is 108 Å². The van der Waals surface area contributed by atoms with Crippen molar-refractivity contribution in [3.05, 3.63) is 36.8 Å². The van der Waals surface area contributed by atoms with Gasteiger partial charge >= 0.3 is 0 Å². The molecule has 0 atom stereocenters. The van der Waals surface area contributed by atoms with Crippen LogP contribution >= 0.6 is 11.8 Å². The van der Waals surface area contributed by atoms with Crippen LogP contribution in [0.25, 0.3) is 0 Å². The summed E-state index contributed by atoms with van der Waals surface area (Å²) in [6.45, 7) is 0. The molecule has 0 amide bonds. The van der Waals surface area contributed by atoms with E-state index in [0.717, 1.165) is 11.8 Å². The van der Waals surface area contributed by atoms with E-state index < -0.39 is 10.0 Å². The van der Waals surface area contributed by atoms with Gasteiger partial charge in [-0.05, 0) is 18.2 Å². The number of hydrogen-bond donors (Lipinski definition) is 2. The molecule has 4 N–H and O–H groups in total. The van der Waals surface area contributed by atoms with Crippen LogP contribution < -0.4 is 10.9 Å². The van der Waals surface area contributed by atoms with E-state index in [2.05, 4.69) is 9.97 Å². The molecule has 18 heavy (non-hydrogen) atoms. The second kappa shape index (κ2) is 4.92. The van der Waals surface area contributed by atoms with Crippen LogP contribution in [0.3, 0.4) is 0 Å². The topological polar surface area (TPSA) is 112 Å². The van der Waals surface area contributed by atoms with Gasteiger partial charge < -0.3 is 5.73 Å². The zero-order chi connectivity index (χ0) is 13.2. The van der Waals surface area contributed by atoms with Gasteiger partial charge in [0, 0.05) is 23.0 Å². The fourth-order valence-electron chi connectivity index (χ4n) is 1.28. The molecule has 94 valence electrons. The molecule has 8 heteroatoms. The Morgan fingerprint density at radius 3 is 2.61 bits per heavy atom. The molecule has 0 bridgehead atoms. The van der Waals surface area contributed by atoms with Crippen LogP contribution in [-0.4, -0.2) is 18.4 Å². The summed E-state index contributed by atoms with van der Waals surface area (Å²) in [5.41, 5.74) is 5.90. The molecular formula is C10H10N4O2S2. The van der Waals surface area contributed by atoms with Crippen LogP contribution in [0, 0.1) is 0 Å². The molecule has 1 aromatic carbocycles. The number of nitrogen functional groups attached to an aromatic ring is 1. The van der Waals surface area contributed by atoms with Crippen molar-refractivity contribution in [1.82, 2.24) is 9.97 Å². The Kier molecular flexibility index (Phi) is 3.50. The number of primary sulfonamides is 1. The summed E-state index contributed by atoms with van der Waals surface area (Å²) in [5, 5.41) is 5.72. The minimum atomic E-state index is -3.83. The second-order valence-corrected chi connectivity index (χ2v) is 5.99. The highest BCUT2D eigenvalue weighted by Crippen LogP contribution is 2.31. The number of aromatic nitrogens is 2. The Bertz CT molecular complexity index is 659. The summed E-state index contributed by atoms with van der Waals surface area (Å²) in [5.74, 6) is 0. The van der Waals surface area contributed by atoms with Crippen LogP contribution in [-0.2, 0) is 10.0 Å². The number of benzene rings is 1. The lowest BCUT2D eigenvalue weighted by molar-refractivity contribution is 0.596. The number of hydrogen-bond acceptors (Lipinski definition) is 6. The number of nitrogens with zero attached hydrogens (tertiary/aromatic N) is 2. The van der Waals surface area contributed by atoms with Crippen LogP contribution in [0.1, 0.15) is 0 Å². The Balaban J connectivity index is 2.46. The zero-order valence-electron chi connectivity index (χ0n) is 9.15. The Morgan fingerprint density at radius 2 is 2.00 bits per heavy atom. The van der Waals surface area contributed by atoms with E-state index in [9.17, 15) is 8.42 Å². The lowest BCUT2D eigenvalue weighted by atomic mass is 10.3. The highest BCUT2D eigenvalue weighted by atomic mass is 32.2. The van der Waals surface area contributed by atoms with Gasteiger partial charge in [-0.25, -0.2) is 18.5 Å². The van der Waals surface area contributed by atoms with Gasteiger partial charge in [-0.2, -0.15) is 0 Å². The van der Waals surface area contributed by atoms with Crippen molar-refractivity contribution in [1.29, 1.82) is 0 Å². The van der Waals surface area contributed by atoms with Gasteiger partial charge in [0.15, 0.2) is 0 Å². The van der Waals surface area contributed by atoms with Gasteiger partial charge in [-0.15, -0.1) is 0 Å². The van der Waals surface area contributed by atoms with Gasteiger partial charge in [0.1, 0.15) is 5.03 Å². The predicted octanol–water partition coefficient (Wildman–Crippen LogP) is 0.857. The molecule has 2 aromatic rings. The molecule has 0 fully saturated rings. The first-order valence-electron chi connectivity index (χ1n) is 4.83. The summed E-state index contributed by atoms with van der Waals surface area (Å²) in [7, 11) is -3.83. The third-order valence-electron chi connectivity index (χ3n) is 2.03. The lowest BCUT2D eigenvalue weighted by Crippen LogP contribution is -2.13. The molecule has 0 saturated heterocycles. The average molecular weight is 282 g/mol. The summed E-state index contributed by atoms with van der Waals surface area (Å²) < 4.78 is 22.9. The standard InChI is InChI=1S/C10H10N4O2S2/c11-7-1-2-8(9(5-7)18(12,15)16)17-10-6-13-3-4-14-10/h1-6H,11H2,(H2,12,15,16). The van der Waals surface area contributed by atoms with Gasteiger partial charge in [-0.1, -0.05) is 11.8 Å². The fourth-order valence-corrected chi connectivity index (χ4v) is 3.15. The molecular weight excluding hydrogens is 272 g/mol. The van der Waals surface area contributed by atoms with Crippen molar-refractivity contribution in [2.75, 3.05) is 5.73 Å². The third-order valence-corrected chi connectivity index (χ3v) is 4.10. The van der Waals surface area contributed by atoms with Crippen molar-refractivity contribution in [2.45, 2.75) is 14.8 Å². The minimum Gasteiger partial charge on any atom is -0.399 e. The van der Waals surface area contributed by atoms with Crippen molar-refractivity contribution < 1.29 is 8.42 Å². The first-order chi connectivity index (χ1) is 8.47. The molecule has 0 saturated carbocycles. The molecule has 2 rings (SSSR count). The highest BCUT2D eigenvalue weighted by Gasteiger charge is 2.15. The van der Waals surface area contributed by atoms with E-state index in [-0.39, 0.29) is 4.90 Å². The average Bonchev–Trinajstić information content (AvgIpc) is 2.31. The Morgan fingerprint density at radius 1 is 1.22 bits per heavy atom. The molecule has 6 nitrogen and oxygen atoms in total. The minimum absolute atomic E-state index is 0.0156. The summed E-state index contributed by atoms with van der Waals surface area (Å²) >= 11 is 1.16. The van der Waals surface area contributed by atoms with Crippen molar-refractivity contribution in [2.24, 2.45) is 5.14 Å². The molecule has 1 heterocycles. The second-order valence-electron chi connectivity index (χ2n) is 3.40. The molecule has 0 aliphatic rings. The van der Waals surface area contributed by atoms with Crippen molar-refractivity contribution in [3.63, 3.8) is 0 Å². The van der Waals surface area contributed by atoms with Crippen molar-refractivity contribution in [3.8, 4) is 0 Å². The number of sulfonamides is 1. The number of nitrogens with two attached hydrogens (primary N) is 2. The third kappa shape index (κ3) is 2.97. The lowest BCUT2D eigenvalue weighted by Gasteiger charge is -2.07. The highest BCUT2D eigenvalue weighted by molar-refractivity contribution is 8.00. The van der Waals surface area contributed by atoms with E-state index >= 15 is 0 Å². The summed E-state index contributed by atoms with van der Waals surface area (Å²) in [6.07, 6.45) is 4.60. The molecule has 0 spiro atoms. The van der Waals surface area contributed by atoms with Gasteiger partial charge in [-0.3, -0.25) is 4.98 Å². The SMILES string of the molecule is Nc1ccc(Sc2cnccn2)c(S(N)(=O)=O)c1. The van der Waals surface area contributed by atoms with Gasteiger partial charge in [0.05, 0.1) is 11.1 Å². The molecule has 0 radical (unpaired) electrons. The van der Waals surface area contributed by atoms with E-state index in [1.807, 2.05) is 0 Å². The van der Waals surface area contributed by atoms with E-state index in [1.54, 1.807) is 12.1 Å². The summed E-state index contributed by atoms with van der Waals surface area (Å²) in [6, 6.07) is 4.52. The maximum absolute atomic E-state index is 11.5. The maximum atomic E-state index is 11.5. The molecule has 0 aliphatic heterocycles. The van der Waals surface area contributed by atoms with Crippen molar-refractivity contribution >= 4 is 27.5 Å². The number of anilines is 1. The maximum Gasteiger partial charge on any atom is 0.239 e. The first-order valence-corrected chi connectivity index (χ1v) is 7.19. The number of rotatable bonds is 3. The Hall–Kier alpha value is -1.64. The molecule has 0 aliphatic carbocycles. The van der Waals surface area contributed by atoms with Gasteiger partial charge in [0.25, 0.3) is 0 Å².